The summed E-state index contributed by atoms with van der Waals surface area (Å²) in [4.78, 5) is 0. The smallest absolute Gasteiger partial charge is 0.0475 e. The van der Waals surface area contributed by atoms with E-state index in [4.69, 9.17) is 9.05 Å². The molecule has 2 nitrogen and oxygen atoms in total. The van der Waals surface area contributed by atoms with E-state index in [-0.39, 0.29) is 0 Å². The SMILES string of the molecule is C=[PH](C[PH](=C)OCC)OCC. The van der Waals surface area contributed by atoms with Crippen LogP contribution in [0, 0.1) is 0 Å². The Kier molecular flexibility index (Phi) is 7.52. The van der Waals surface area contributed by atoms with Gasteiger partial charge in [0.1, 0.15) is 0 Å². The van der Waals surface area contributed by atoms with E-state index in [2.05, 4.69) is 12.6 Å². The molecule has 0 heterocycles. The molecule has 0 rings (SSSR count). The van der Waals surface area contributed by atoms with Gasteiger partial charge in [0.15, 0.2) is 0 Å². The fourth-order valence-corrected chi connectivity index (χ4v) is 4.12. The minimum Gasteiger partial charge on any atom is -0.365 e. The summed E-state index contributed by atoms with van der Waals surface area (Å²) in [5.74, 6) is 0.969. The lowest BCUT2D eigenvalue weighted by molar-refractivity contribution is 0.381. The van der Waals surface area contributed by atoms with Crippen molar-refractivity contribution in [3.8, 4) is 0 Å². The van der Waals surface area contributed by atoms with Crippen molar-refractivity contribution in [2.75, 3.05) is 19.1 Å². The van der Waals surface area contributed by atoms with Crippen molar-refractivity contribution in [3.05, 3.63) is 0 Å². The Hall–Kier alpha value is 0.520. The standard InChI is InChI=1S/C7H18O2P2/c1-5-8-10(3)7-11(4)9-6-2/h10-11H,3-7H2,1-2H3. The van der Waals surface area contributed by atoms with Crippen LogP contribution in [0.25, 0.3) is 0 Å². The van der Waals surface area contributed by atoms with E-state index in [1.165, 1.54) is 0 Å². The summed E-state index contributed by atoms with van der Waals surface area (Å²) in [6.07, 6.45) is 7.87. The number of rotatable bonds is 6. The highest BCUT2D eigenvalue weighted by molar-refractivity contribution is 7.67. The van der Waals surface area contributed by atoms with E-state index in [1.807, 2.05) is 13.8 Å². The van der Waals surface area contributed by atoms with Crippen LogP contribution in [0.2, 0.25) is 0 Å². The van der Waals surface area contributed by atoms with Crippen molar-refractivity contribution in [2.45, 2.75) is 13.8 Å². The van der Waals surface area contributed by atoms with Gasteiger partial charge < -0.3 is 9.05 Å². The molecule has 0 saturated heterocycles. The molecule has 0 aliphatic heterocycles. The van der Waals surface area contributed by atoms with Gasteiger partial charge >= 0.3 is 0 Å². The monoisotopic (exact) mass is 196 g/mol. The molecule has 2 atom stereocenters. The van der Waals surface area contributed by atoms with Gasteiger partial charge in [0.2, 0.25) is 0 Å². The van der Waals surface area contributed by atoms with Gasteiger partial charge in [-0.3, -0.25) is 0 Å². The molecule has 0 saturated carbocycles. The Morgan fingerprint density at radius 1 is 1.00 bits per heavy atom. The van der Waals surface area contributed by atoms with E-state index >= 15 is 0 Å². The first kappa shape index (κ1) is 11.5. The van der Waals surface area contributed by atoms with Crippen LogP contribution >= 0.6 is 15.5 Å². The largest absolute Gasteiger partial charge is 0.365 e. The quantitative estimate of drug-likeness (QED) is 0.606. The lowest BCUT2D eigenvalue weighted by atomic mass is 10.9. The highest BCUT2D eigenvalue weighted by Crippen LogP contribution is 2.35. The highest BCUT2D eigenvalue weighted by Gasteiger charge is 1.94. The number of hydrogen-bond donors (Lipinski definition) is 0. The number of hydrogen-bond acceptors (Lipinski definition) is 2. The average molecular weight is 196 g/mol. The second kappa shape index (κ2) is 7.18. The maximum absolute atomic E-state index is 5.36. The molecule has 4 heteroatoms. The zero-order chi connectivity index (χ0) is 8.69. The third kappa shape index (κ3) is 6.90. The lowest BCUT2D eigenvalue weighted by Crippen LogP contribution is -1.83. The zero-order valence-corrected chi connectivity index (χ0v) is 9.35. The van der Waals surface area contributed by atoms with Crippen LogP contribution in [0.1, 0.15) is 13.8 Å². The molecular formula is C7H18O2P2. The first-order chi connectivity index (χ1) is 5.20. The second-order valence-corrected chi connectivity index (χ2v) is 6.27. The lowest BCUT2D eigenvalue weighted by Gasteiger charge is -2.09. The Labute approximate surface area is 70.8 Å². The normalized spacial score (nSPS) is 16.2. The van der Waals surface area contributed by atoms with Crippen molar-refractivity contribution < 1.29 is 9.05 Å². The summed E-state index contributed by atoms with van der Waals surface area (Å²) in [5, 5.41) is 0. The second-order valence-electron chi connectivity index (χ2n) is 2.12. The molecule has 0 aromatic carbocycles. The van der Waals surface area contributed by atoms with Gasteiger partial charge in [-0.2, -0.15) is 0 Å². The van der Waals surface area contributed by atoms with Gasteiger partial charge in [0.25, 0.3) is 0 Å². The van der Waals surface area contributed by atoms with Crippen LogP contribution in [-0.2, 0) is 9.05 Å². The third-order valence-corrected chi connectivity index (χ3v) is 5.64. The fraction of sp³-hybridized carbons (Fsp3) is 0.714. The first-order valence-corrected chi connectivity index (χ1v) is 7.46. The minimum atomic E-state index is -0.854. The van der Waals surface area contributed by atoms with Gasteiger partial charge in [-0.25, -0.2) is 0 Å². The zero-order valence-electron chi connectivity index (χ0n) is 7.35. The van der Waals surface area contributed by atoms with Crippen LogP contribution in [0.15, 0.2) is 0 Å². The van der Waals surface area contributed by atoms with Crippen molar-refractivity contribution in [1.82, 2.24) is 0 Å². The van der Waals surface area contributed by atoms with E-state index in [0.717, 1.165) is 19.1 Å². The predicted octanol–water partition coefficient (Wildman–Crippen LogP) is 2.14. The van der Waals surface area contributed by atoms with E-state index in [9.17, 15) is 0 Å². The summed E-state index contributed by atoms with van der Waals surface area (Å²) in [6, 6.07) is 0. The van der Waals surface area contributed by atoms with Gasteiger partial charge in [-0.15, -0.1) is 0 Å². The average Bonchev–Trinajstić information content (AvgIpc) is 1.87. The minimum absolute atomic E-state index is 0.763. The molecule has 0 amide bonds. The molecule has 11 heavy (non-hydrogen) atoms. The Balaban J connectivity index is 3.49. The molecule has 0 aliphatic carbocycles. The summed E-state index contributed by atoms with van der Waals surface area (Å²) < 4.78 is 10.7. The van der Waals surface area contributed by atoms with Crippen molar-refractivity contribution in [3.63, 3.8) is 0 Å². The molecule has 0 spiro atoms. The van der Waals surface area contributed by atoms with Crippen molar-refractivity contribution in [2.24, 2.45) is 0 Å². The van der Waals surface area contributed by atoms with Gasteiger partial charge in [0, 0.05) is 19.1 Å². The Bertz CT molecular complexity index is 129. The van der Waals surface area contributed by atoms with Crippen LogP contribution in [0.4, 0.5) is 0 Å². The third-order valence-electron chi connectivity index (χ3n) is 1.09. The first-order valence-electron chi connectivity index (χ1n) is 3.81. The van der Waals surface area contributed by atoms with E-state index in [1.54, 1.807) is 0 Å². The molecule has 0 bridgehead atoms. The molecule has 0 radical (unpaired) electrons. The van der Waals surface area contributed by atoms with E-state index in [0.29, 0.717) is 0 Å². The summed E-state index contributed by atoms with van der Waals surface area (Å²) in [6.45, 7) is 5.51. The van der Waals surface area contributed by atoms with Crippen LogP contribution in [-0.4, -0.2) is 31.7 Å². The van der Waals surface area contributed by atoms with Crippen LogP contribution < -0.4 is 0 Å². The van der Waals surface area contributed by atoms with Gasteiger partial charge in [0.05, 0.1) is 0 Å². The predicted molar refractivity (Wildman–Crippen MR) is 59.0 cm³/mol. The van der Waals surface area contributed by atoms with Crippen molar-refractivity contribution >= 4 is 28.1 Å². The maximum Gasteiger partial charge on any atom is 0.0475 e. The Morgan fingerprint density at radius 3 is 1.64 bits per heavy atom. The molecule has 0 aromatic rings. The van der Waals surface area contributed by atoms with Gasteiger partial charge in [-0.05, 0) is 29.4 Å². The molecule has 0 N–H and O–H groups in total. The molecule has 68 valence electrons. The van der Waals surface area contributed by atoms with Crippen molar-refractivity contribution in [1.29, 1.82) is 0 Å². The fourth-order valence-electron chi connectivity index (χ4n) is 0.730. The summed E-state index contributed by atoms with van der Waals surface area (Å²) in [7, 11) is -1.71. The summed E-state index contributed by atoms with van der Waals surface area (Å²) >= 11 is 0. The Morgan fingerprint density at radius 2 is 1.36 bits per heavy atom. The summed E-state index contributed by atoms with van der Waals surface area (Å²) in [5.41, 5.74) is 0. The topological polar surface area (TPSA) is 18.5 Å². The van der Waals surface area contributed by atoms with Crippen LogP contribution in [0.5, 0.6) is 0 Å². The molecule has 0 aromatic heterocycles. The molecule has 0 aliphatic rings. The molecular weight excluding hydrogens is 178 g/mol. The highest BCUT2D eigenvalue weighted by atomic mass is 31.2. The van der Waals surface area contributed by atoms with Gasteiger partial charge in [-0.1, -0.05) is 12.6 Å². The van der Waals surface area contributed by atoms with Crippen LogP contribution in [0.3, 0.4) is 0 Å². The molecule has 2 unspecified atom stereocenters. The maximum atomic E-state index is 5.36. The van der Waals surface area contributed by atoms with E-state index < -0.39 is 15.5 Å². The molecule has 0 fully saturated rings.